The Morgan fingerprint density at radius 2 is 0.846 bits per heavy atom. The lowest BCUT2D eigenvalue weighted by Gasteiger charge is -2.12. The van der Waals surface area contributed by atoms with Crippen LogP contribution in [0.5, 0.6) is 5.75 Å². The zero-order valence-corrected chi connectivity index (χ0v) is 72.0. The molecule has 9 N–H and O–H groups in total. The summed E-state index contributed by atoms with van der Waals surface area (Å²) in [4.78, 5) is 140. The van der Waals surface area contributed by atoms with Crippen LogP contribution in [0.25, 0.3) is 154 Å². The number of benzene rings is 8. The lowest BCUT2D eigenvalue weighted by molar-refractivity contribution is 0.0676. The Bertz CT molecular complexity index is 9170. The molecule has 0 fully saturated rings. The smallest absolute Gasteiger partial charge is 0.353 e. The number of furan rings is 3. The Kier molecular flexibility index (Phi) is 22.1. The maximum Gasteiger partial charge on any atom is 0.353 e. The fourth-order valence-corrected chi connectivity index (χ4v) is 18.5. The summed E-state index contributed by atoms with van der Waals surface area (Å²) in [7, 11) is 0. The van der Waals surface area contributed by atoms with E-state index in [4.69, 9.17) is 52.8 Å². The standard InChI is InChI=1S/C26H18ClN3O4.C26H16ClN3O4.C25H15FN4O5.C23H12ClF3N2O4/c2*27-24-16(12-15-4-1-2-6-18(15)29-24)13-30-19-8-7-14-9-11-34-23(14)21(19)20(22(30)26(32)33)17-5-3-10-28-25(17)31;26-14-10-18-20(22-12(14)7-9-35-22)19(13-4-3-8-27-23(13)31)21(25(33)34)30(18)11-17-24(32)29-16-6-2-1-5-15(16)28-17;24-13-9-33-21-18(13)15(27)7-16-19(21)17(12-2-1-5-28-22(12)30)20(23(31)32)29(16)8-10-6-11(25)3-4-14(10)26/h1-8,10,12H,9,11,13H2,(H,28,31)(H,32,33);1-12H,13H2,(H,28,31)(H,32,33);1-10H,11H2,(H,27,31)(H,29,32)(H,33,34);1-7,9H,8H2,(H,28,30)(H,31,32). The van der Waals surface area contributed by atoms with E-state index in [1.807, 2.05) is 84.9 Å². The first-order valence-corrected chi connectivity index (χ1v) is 42.5. The summed E-state index contributed by atoms with van der Waals surface area (Å²) in [5.41, 5.74) is 4.72. The van der Waals surface area contributed by atoms with Crippen LogP contribution >= 0.6 is 34.8 Å². The molecule has 0 bridgehead atoms. The average molecular weight is 1890 g/mol. The minimum atomic E-state index is -1.47. The first-order chi connectivity index (χ1) is 65.8. The van der Waals surface area contributed by atoms with Gasteiger partial charge in [-0.25, -0.2) is 51.7 Å². The van der Waals surface area contributed by atoms with E-state index in [9.17, 15) is 76.7 Å². The highest BCUT2D eigenvalue weighted by Gasteiger charge is 2.36. The first-order valence-electron chi connectivity index (χ1n) is 41.4. The summed E-state index contributed by atoms with van der Waals surface area (Å²) in [6.45, 7) is 0.0810. The minimum absolute atomic E-state index is 0.000162. The van der Waals surface area contributed by atoms with Crippen molar-refractivity contribution in [3.05, 3.63) is 385 Å². The molecule has 0 atom stereocenters. The van der Waals surface area contributed by atoms with Crippen molar-refractivity contribution in [3.63, 3.8) is 0 Å². The topological polar surface area (TPSA) is 421 Å². The van der Waals surface area contributed by atoms with Gasteiger partial charge in [-0.3, -0.25) is 24.0 Å². The number of aromatic carboxylic acids is 4. The molecule has 36 heteroatoms. The summed E-state index contributed by atoms with van der Waals surface area (Å²) in [5, 5.41) is 45.7. The summed E-state index contributed by atoms with van der Waals surface area (Å²) >= 11 is 19.1. The van der Waals surface area contributed by atoms with E-state index < -0.39 is 81.6 Å². The average Bonchev–Trinajstić information content (AvgIpc) is 1.56. The second-order valence-electron chi connectivity index (χ2n) is 31.4. The van der Waals surface area contributed by atoms with Crippen molar-refractivity contribution in [2.75, 3.05) is 6.61 Å². The molecular weight excluding hydrogens is 1820 g/mol. The number of para-hydroxylation sites is 4. The zero-order valence-electron chi connectivity index (χ0n) is 69.7. The number of nitrogens with one attached hydrogen (secondary N) is 5. The van der Waals surface area contributed by atoms with Crippen molar-refractivity contribution in [1.82, 2.24) is 58.1 Å². The molecule has 1 aliphatic heterocycles. The number of H-pyrrole nitrogens is 5. The summed E-state index contributed by atoms with van der Waals surface area (Å²) < 4.78 is 86.6. The van der Waals surface area contributed by atoms with E-state index >= 15 is 4.39 Å². The normalized spacial score (nSPS) is 11.8. The molecule has 8 aromatic carbocycles. The van der Waals surface area contributed by atoms with Gasteiger partial charge in [-0.2, -0.15) is 0 Å². The molecule has 672 valence electrons. The van der Waals surface area contributed by atoms with Gasteiger partial charge in [-0.05, 0) is 151 Å². The van der Waals surface area contributed by atoms with Gasteiger partial charge < -0.3 is 81.6 Å². The van der Waals surface area contributed by atoms with Crippen molar-refractivity contribution in [1.29, 1.82) is 0 Å². The Labute approximate surface area is 771 Å². The Morgan fingerprint density at radius 3 is 1.39 bits per heavy atom. The van der Waals surface area contributed by atoms with E-state index in [1.165, 1.54) is 65.9 Å². The lowest BCUT2D eigenvalue weighted by atomic mass is 10.0. The van der Waals surface area contributed by atoms with Crippen molar-refractivity contribution in [3.8, 4) is 50.3 Å². The van der Waals surface area contributed by atoms with Crippen LogP contribution in [0.3, 0.4) is 0 Å². The number of halogens is 7. The molecule has 0 amide bonds. The van der Waals surface area contributed by atoms with Gasteiger partial charge in [0.05, 0.1) is 149 Å². The monoisotopic (exact) mass is 1880 g/mol. The number of aromatic nitrogens is 12. The molecule has 14 aromatic heterocycles. The van der Waals surface area contributed by atoms with Crippen LogP contribution in [0, 0.1) is 23.3 Å². The van der Waals surface area contributed by atoms with Gasteiger partial charge in [0.1, 0.15) is 90.8 Å². The van der Waals surface area contributed by atoms with Crippen molar-refractivity contribution >= 4 is 168 Å². The number of carboxylic acids is 4. The molecule has 0 spiro atoms. The number of aromatic amines is 5. The Balaban J connectivity index is 0.000000112. The van der Waals surface area contributed by atoms with Gasteiger partial charge in [0.2, 0.25) is 0 Å². The Morgan fingerprint density at radius 1 is 0.390 bits per heavy atom. The van der Waals surface area contributed by atoms with Crippen molar-refractivity contribution in [2.24, 2.45) is 0 Å². The van der Waals surface area contributed by atoms with Crippen LogP contribution in [-0.2, 0) is 32.6 Å². The van der Waals surface area contributed by atoms with Gasteiger partial charge in [-0.1, -0.05) is 89.4 Å². The van der Waals surface area contributed by atoms with Gasteiger partial charge in [-0.15, -0.1) is 0 Å². The second kappa shape index (κ2) is 34.7. The van der Waals surface area contributed by atoms with Crippen LogP contribution in [0.4, 0.5) is 17.6 Å². The number of carboxylic acid groups (broad SMARTS) is 4. The van der Waals surface area contributed by atoms with Crippen LogP contribution in [-0.4, -0.2) is 109 Å². The van der Waals surface area contributed by atoms with Crippen LogP contribution < -0.4 is 32.5 Å². The molecule has 0 saturated carbocycles. The van der Waals surface area contributed by atoms with Gasteiger partial charge >= 0.3 is 23.9 Å². The fourth-order valence-electron chi connectivity index (χ4n) is 17.9. The van der Waals surface area contributed by atoms with Gasteiger partial charge in [0, 0.05) is 86.3 Å². The number of ether oxygens (including phenoxy) is 1. The summed E-state index contributed by atoms with van der Waals surface area (Å²) in [6.07, 6.45) is 10.5. The molecule has 136 heavy (non-hydrogen) atoms. The van der Waals surface area contributed by atoms with Crippen molar-refractivity contribution < 1.29 is 75.2 Å². The predicted octanol–water partition coefficient (Wildman–Crippen LogP) is 20.0. The highest BCUT2D eigenvalue weighted by atomic mass is 35.5. The van der Waals surface area contributed by atoms with Gasteiger partial charge in [0.25, 0.3) is 27.8 Å². The maximum absolute atomic E-state index is 15.0. The third kappa shape index (κ3) is 15.1. The van der Waals surface area contributed by atoms with E-state index in [2.05, 4.69) is 39.9 Å². The molecule has 22 aromatic rings. The van der Waals surface area contributed by atoms with E-state index in [0.717, 1.165) is 74.3 Å². The minimum Gasteiger partial charge on any atom is -0.492 e. The van der Waals surface area contributed by atoms with E-state index in [1.54, 1.807) is 76.1 Å². The Hall–Kier alpha value is -17.4. The number of rotatable bonds is 16. The summed E-state index contributed by atoms with van der Waals surface area (Å²) in [6, 6.07) is 54.2. The number of carbonyl (C=O) groups is 4. The molecule has 0 radical (unpaired) electrons. The molecule has 0 unspecified atom stereocenters. The van der Waals surface area contributed by atoms with Crippen LogP contribution in [0.15, 0.2) is 281 Å². The summed E-state index contributed by atoms with van der Waals surface area (Å²) in [5.74, 6) is -7.47. The highest BCUT2D eigenvalue weighted by molar-refractivity contribution is 6.37. The van der Waals surface area contributed by atoms with Crippen molar-refractivity contribution in [2.45, 2.75) is 32.6 Å². The third-order valence-electron chi connectivity index (χ3n) is 23.7. The lowest BCUT2D eigenvalue weighted by Crippen LogP contribution is -2.20. The molecule has 23 rings (SSSR count). The number of hydrogen-bond donors (Lipinski definition) is 9. The first kappa shape index (κ1) is 86.6. The van der Waals surface area contributed by atoms with Crippen LogP contribution in [0.2, 0.25) is 15.3 Å². The molecule has 29 nitrogen and oxygen atoms in total. The predicted molar refractivity (Wildman–Crippen MR) is 502 cm³/mol. The largest absolute Gasteiger partial charge is 0.492 e. The quantitative estimate of drug-likeness (QED) is 0.0320. The zero-order chi connectivity index (χ0) is 94.5. The second-order valence-corrected chi connectivity index (χ2v) is 32.6. The van der Waals surface area contributed by atoms with E-state index in [-0.39, 0.29) is 141 Å². The molecule has 15 heterocycles. The maximum atomic E-state index is 15.0. The molecule has 0 aliphatic carbocycles. The van der Waals surface area contributed by atoms with Gasteiger partial charge in [0.15, 0.2) is 0 Å². The third-order valence-corrected chi connectivity index (χ3v) is 24.6. The fraction of sp³-hybridized carbons (Fsp3) is 0.0600. The van der Waals surface area contributed by atoms with Crippen LogP contribution in [0.1, 0.15) is 69.9 Å². The number of fused-ring (bicyclic) bond motifs is 15. The number of nitrogens with zero attached hydrogens (tertiary/aromatic N) is 7. The molecule has 1 aliphatic rings. The number of hydrogen-bond acceptors (Lipinski definition) is 16. The SMILES string of the molecule is O=C(O)c1c(-c2ccc[nH]c2=O)c2c3c(ccc2n1Cc1cc2ccccc2nc1Cl)CCO3.O=C(O)c1c(-c2ccc[nH]c2=O)c2c3occ(Cl)c3c(F)cc2n1Cc1cc(F)ccc1F.O=C(O)c1c(-c2ccc[nH]c2=O)c2c3occc3c(F)cc2n1Cc1nc2ccccc2[nH]c1=O.O=C(O)c1c(-c2ccc[nH]c2=O)c2c3occc3ccc2n1Cc1cc2ccccc2nc1Cl. The number of pyridine rings is 6. The molecule has 0 saturated heterocycles. The highest BCUT2D eigenvalue weighted by Crippen LogP contribution is 2.48. The van der Waals surface area contributed by atoms with E-state index in [0.29, 0.717) is 78.2 Å². The molecular formula is C100H61Cl3F4N12O17.